The summed E-state index contributed by atoms with van der Waals surface area (Å²) in [6, 6.07) is 0.117. The third-order valence-electron chi connectivity index (χ3n) is 3.72. The molecule has 0 spiro atoms. The first-order chi connectivity index (χ1) is 7.74. The Morgan fingerprint density at radius 3 is 2.12 bits per heavy atom. The van der Waals surface area contributed by atoms with Gasteiger partial charge in [-0.3, -0.25) is 0 Å². The number of hydrogen-bond donors (Lipinski definition) is 2. The van der Waals surface area contributed by atoms with Crippen LogP contribution in [-0.2, 0) is 0 Å². The van der Waals surface area contributed by atoms with Crippen LogP contribution in [0.5, 0.6) is 0 Å². The molecule has 0 radical (unpaired) electrons. The third-order valence-corrected chi connectivity index (χ3v) is 3.72. The van der Waals surface area contributed by atoms with Crippen LogP contribution in [0.4, 0.5) is 13.2 Å². The van der Waals surface area contributed by atoms with E-state index in [-0.39, 0.29) is 18.9 Å². The largest absolute Gasteiger partial charge is 0.391 e. The lowest BCUT2D eigenvalue weighted by atomic mass is 9.85. The second-order valence-electron chi connectivity index (χ2n) is 5.32. The lowest BCUT2D eigenvalue weighted by Crippen LogP contribution is -2.44. The van der Waals surface area contributed by atoms with Crippen molar-refractivity contribution in [2.45, 2.75) is 63.8 Å². The standard InChI is InChI=1S/C12H22F3NO/c1-3-11(2,17)8-16-10-6-4-9(5-7-10)12(13,14)15/h9-10,16-17H,3-8H2,1-2H3. The molecule has 1 aliphatic carbocycles. The van der Waals surface area contributed by atoms with Crippen molar-refractivity contribution in [1.82, 2.24) is 5.32 Å². The predicted octanol–water partition coefficient (Wildman–Crippen LogP) is 2.86. The highest BCUT2D eigenvalue weighted by atomic mass is 19.4. The van der Waals surface area contributed by atoms with Crippen molar-refractivity contribution >= 4 is 0 Å². The van der Waals surface area contributed by atoms with Crippen LogP contribution in [0.2, 0.25) is 0 Å². The second-order valence-corrected chi connectivity index (χ2v) is 5.32. The van der Waals surface area contributed by atoms with Crippen LogP contribution in [0.15, 0.2) is 0 Å². The number of nitrogens with one attached hydrogen (secondary N) is 1. The molecule has 0 saturated heterocycles. The highest BCUT2D eigenvalue weighted by Crippen LogP contribution is 2.37. The second kappa shape index (κ2) is 5.57. The summed E-state index contributed by atoms with van der Waals surface area (Å²) in [7, 11) is 0. The van der Waals surface area contributed by atoms with Crippen molar-refractivity contribution in [3.8, 4) is 0 Å². The van der Waals surface area contributed by atoms with Crippen molar-refractivity contribution in [2.75, 3.05) is 6.54 Å². The van der Waals surface area contributed by atoms with Gasteiger partial charge in [0, 0.05) is 12.6 Å². The molecular weight excluding hydrogens is 231 g/mol. The van der Waals surface area contributed by atoms with Gasteiger partial charge in [0.2, 0.25) is 0 Å². The highest BCUT2D eigenvalue weighted by molar-refractivity contribution is 4.83. The fraction of sp³-hybridized carbons (Fsp3) is 1.00. The number of aliphatic hydroxyl groups is 1. The zero-order chi connectivity index (χ0) is 13.1. The smallest absolute Gasteiger partial charge is 0.389 e. The average Bonchev–Trinajstić information content (AvgIpc) is 2.26. The van der Waals surface area contributed by atoms with E-state index in [0.29, 0.717) is 25.8 Å². The lowest BCUT2D eigenvalue weighted by Gasteiger charge is -2.32. The summed E-state index contributed by atoms with van der Waals surface area (Å²) in [5.41, 5.74) is -0.763. The summed E-state index contributed by atoms with van der Waals surface area (Å²) in [5.74, 6) is -1.13. The average molecular weight is 253 g/mol. The maximum absolute atomic E-state index is 12.4. The van der Waals surface area contributed by atoms with Crippen LogP contribution in [0.1, 0.15) is 46.0 Å². The number of rotatable bonds is 4. The molecule has 0 bridgehead atoms. The Bertz CT molecular complexity index is 232. The maximum Gasteiger partial charge on any atom is 0.391 e. The fourth-order valence-electron chi connectivity index (χ4n) is 2.11. The van der Waals surface area contributed by atoms with Gasteiger partial charge in [-0.25, -0.2) is 0 Å². The summed E-state index contributed by atoms with van der Waals surface area (Å²) >= 11 is 0. The van der Waals surface area contributed by atoms with Gasteiger partial charge >= 0.3 is 6.18 Å². The van der Waals surface area contributed by atoms with Crippen LogP contribution in [0.3, 0.4) is 0 Å². The molecule has 0 aliphatic heterocycles. The SMILES string of the molecule is CCC(C)(O)CNC1CCC(C(F)(F)F)CC1. The first-order valence-corrected chi connectivity index (χ1v) is 6.27. The lowest BCUT2D eigenvalue weighted by molar-refractivity contribution is -0.182. The normalized spacial score (nSPS) is 30.0. The number of alkyl halides is 3. The van der Waals surface area contributed by atoms with E-state index in [4.69, 9.17) is 0 Å². The van der Waals surface area contributed by atoms with E-state index in [1.807, 2.05) is 6.92 Å². The quantitative estimate of drug-likeness (QED) is 0.807. The molecule has 1 saturated carbocycles. The summed E-state index contributed by atoms with van der Waals surface area (Å²) in [6.45, 7) is 4.08. The first kappa shape index (κ1) is 14.8. The molecule has 1 rings (SSSR count). The van der Waals surface area contributed by atoms with Crippen molar-refractivity contribution in [1.29, 1.82) is 0 Å². The van der Waals surface area contributed by atoms with E-state index < -0.39 is 17.7 Å². The van der Waals surface area contributed by atoms with Crippen LogP contribution >= 0.6 is 0 Å². The minimum atomic E-state index is -4.04. The molecule has 1 atom stereocenters. The van der Waals surface area contributed by atoms with Crippen molar-refractivity contribution in [2.24, 2.45) is 5.92 Å². The Balaban J connectivity index is 2.29. The molecular formula is C12H22F3NO. The maximum atomic E-state index is 12.4. The monoisotopic (exact) mass is 253 g/mol. The zero-order valence-electron chi connectivity index (χ0n) is 10.5. The Hall–Kier alpha value is -0.290. The van der Waals surface area contributed by atoms with Crippen LogP contribution in [0, 0.1) is 5.92 Å². The third kappa shape index (κ3) is 4.84. The predicted molar refractivity (Wildman–Crippen MR) is 60.7 cm³/mol. The van der Waals surface area contributed by atoms with E-state index in [1.165, 1.54) is 0 Å². The van der Waals surface area contributed by atoms with Gasteiger partial charge < -0.3 is 10.4 Å². The molecule has 2 nitrogen and oxygen atoms in total. The van der Waals surface area contributed by atoms with Gasteiger partial charge in [0.25, 0.3) is 0 Å². The topological polar surface area (TPSA) is 32.3 Å². The molecule has 0 amide bonds. The summed E-state index contributed by atoms with van der Waals surface area (Å²) in [6.07, 6.45) is -1.91. The molecule has 5 heteroatoms. The molecule has 1 unspecified atom stereocenters. The van der Waals surface area contributed by atoms with Crippen LogP contribution < -0.4 is 5.32 Å². The van der Waals surface area contributed by atoms with Gasteiger partial charge in [0.15, 0.2) is 0 Å². The molecule has 102 valence electrons. The van der Waals surface area contributed by atoms with Crippen LogP contribution in [0.25, 0.3) is 0 Å². The van der Waals surface area contributed by atoms with E-state index in [1.54, 1.807) is 6.92 Å². The van der Waals surface area contributed by atoms with Crippen molar-refractivity contribution in [3.05, 3.63) is 0 Å². The number of hydrogen-bond acceptors (Lipinski definition) is 2. The molecule has 17 heavy (non-hydrogen) atoms. The van der Waals surface area contributed by atoms with Gasteiger partial charge in [-0.1, -0.05) is 6.92 Å². The van der Waals surface area contributed by atoms with Gasteiger partial charge in [-0.05, 0) is 39.0 Å². The fourth-order valence-corrected chi connectivity index (χ4v) is 2.11. The first-order valence-electron chi connectivity index (χ1n) is 6.27. The van der Waals surface area contributed by atoms with Gasteiger partial charge in [0.1, 0.15) is 0 Å². The molecule has 2 N–H and O–H groups in total. The van der Waals surface area contributed by atoms with Crippen molar-refractivity contribution < 1.29 is 18.3 Å². The van der Waals surface area contributed by atoms with Gasteiger partial charge in [-0.15, -0.1) is 0 Å². The Morgan fingerprint density at radius 1 is 1.18 bits per heavy atom. The summed E-state index contributed by atoms with van der Waals surface area (Å²) in [4.78, 5) is 0. The summed E-state index contributed by atoms with van der Waals surface area (Å²) < 4.78 is 37.3. The van der Waals surface area contributed by atoms with E-state index in [0.717, 1.165) is 0 Å². The Morgan fingerprint density at radius 2 is 1.71 bits per heavy atom. The Kier molecular flexibility index (Phi) is 4.84. The molecule has 0 aromatic heterocycles. The van der Waals surface area contributed by atoms with Gasteiger partial charge in [-0.2, -0.15) is 13.2 Å². The van der Waals surface area contributed by atoms with E-state index >= 15 is 0 Å². The van der Waals surface area contributed by atoms with Crippen molar-refractivity contribution in [3.63, 3.8) is 0 Å². The number of halogens is 3. The minimum Gasteiger partial charge on any atom is -0.389 e. The molecule has 0 aromatic rings. The van der Waals surface area contributed by atoms with E-state index in [9.17, 15) is 18.3 Å². The minimum absolute atomic E-state index is 0.117. The van der Waals surface area contributed by atoms with Crippen LogP contribution in [-0.4, -0.2) is 29.5 Å². The van der Waals surface area contributed by atoms with E-state index in [2.05, 4.69) is 5.32 Å². The van der Waals surface area contributed by atoms with Gasteiger partial charge in [0.05, 0.1) is 11.5 Å². The molecule has 0 aromatic carbocycles. The Labute approximate surface area is 101 Å². The molecule has 1 fully saturated rings. The summed E-state index contributed by atoms with van der Waals surface area (Å²) in [5, 5.41) is 13.0. The zero-order valence-corrected chi connectivity index (χ0v) is 10.5. The highest BCUT2D eigenvalue weighted by Gasteiger charge is 2.41. The molecule has 1 aliphatic rings. The molecule has 0 heterocycles.